The summed E-state index contributed by atoms with van der Waals surface area (Å²) in [6.45, 7) is 11.9. The van der Waals surface area contributed by atoms with Gasteiger partial charge >= 0.3 is 5.97 Å². The van der Waals surface area contributed by atoms with Gasteiger partial charge in [-0.3, -0.25) is 9.78 Å². The van der Waals surface area contributed by atoms with Crippen molar-refractivity contribution in [3.8, 4) is 11.1 Å². The van der Waals surface area contributed by atoms with E-state index in [-0.39, 0.29) is 24.2 Å². The lowest BCUT2D eigenvalue weighted by Gasteiger charge is -2.23. The summed E-state index contributed by atoms with van der Waals surface area (Å²) in [6, 6.07) is 9.60. The Morgan fingerprint density at radius 2 is 1.48 bits per heavy atom. The van der Waals surface area contributed by atoms with Crippen molar-refractivity contribution >= 4 is 11.8 Å². The Hall–Kier alpha value is -2.49. The molecule has 4 heteroatoms. The minimum absolute atomic E-state index is 0.00842. The van der Waals surface area contributed by atoms with Crippen LogP contribution in [-0.2, 0) is 4.74 Å². The topological polar surface area (TPSA) is 56.3 Å². The second kappa shape index (κ2) is 8.94. The Bertz CT molecular complexity index is 823. The van der Waals surface area contributed by atoms with Crippen molar-refractivity contribution in [2.75, 3.05) is 6.61 Å². The molecule has 1 heterocycles. The van der Waals surface area contributed by atoms with E-state index in [1.54, 1.807) is 6.92 Å². The largest absolute Gasteiger partial charge is 0.462 e. The van der Waals surface area contributed by atoms with Gasteiger partial charge in [0, 0.05) is 17.5 Å². The zero-order valence-electron chi connectivity index (χ0n) is 17.1. The van der Waals surface area contributed by atoms with E-state index in [1.165, 1.54) is 0 Å². The van der Waals surface area contributed by atoms with E-state index in [2.05, 4.69) is 0 Å². The number of ketones is 1. The second-order valence-electron chi connectivity index (χ2n) is 7.18. The maximum atomic E-state index is 13.0. The van der Waals surface area contributed by atoms with Crippen molar-refractivity contribution in [2.24, 2.45) is 0 Å². The summed E-state index contributed by atoms with van der Waals surface area (Å²) in [7, 11) is 0. The third-order valence-corrected chi connectivity index (χ3v) is 4.49. The molecule has 0 amide bonds. The average molecular weight is 367 g/mol. The van der Waals surface area contributed by atoms with Gasteiger partial charge in [0.2, 0.25) is 0 Å². The molecule has 0 bridgehead atoms. The lowest BCUT2D eigenvalue weighted by atomic mass is 9.85. The number of hydrogen-bond donors (Lipinski definition) is 0. The van der Waals surface area contributed by atoms with Crippen LogP contribution >= 0.6 is 0 Å². The highest BCUT2D eigenvalue weighted by Gasteiger charge is 2.30. The molecule has 0 aliphatic heterocycles. The van der Waals surface area contributed by atoms with Gasteiger partial charge in [0.25, 0.3) is 0 Å². The number of pyridine rings is 1. The third-order valence-electron chi connectivity index (χ3n) is 4.49. The Morgan fingerprint density at radius 1 is 0.926 bits per heavy atom. The van der Waals surface area contributed by atoms with E-state index in [0.29, 0.717) is 28.8 Å². The van der Waals surface area contributed by atoms with Crippen LogP contribution in [0, 0.1) is 0 Å². The predicted octanol–water partition coefficient (Wildman–Crippen LogP) is 5.76. The fourth-order valence-corrected chi connectivity index (χ4v) is 3.22. The molecule has 0 N–H and O–H groups in total. The molecule has 0 radical (unpaired) electrons. The minimum atomic E-state index is -0.423. The number of benzene rings is 1. The van der Waals surface area contributed by atoms with E-state index in [1.807, 2.05) is 65.0 Å². The summed E-state index contributed by atoms with van der Waals surface area (Å²) < 4.78 is 5.36. The summed E-state index contributed by atoms with van der Waals surface area (Å²) >= 11 is 0. The third kappa shape index (κ3) is 4.26. The number of carbonyl (C=O) groups excluding carboxylic acids is 2. The van der Waals surface area contributed by atoms with Crippen LogP contribution in [0.2, 0.25) is 0 Å². The Balaban J connectivity index is 3.03. The molecule has 1 aromatic heterocycles. The molecule has 2 rings (SSSR count). The molecule has 0 saturated heterocycles. The van der Waals surface area contributed by atoms with E-state index in [4.69, 9.17) is 9.72 Å². The summed E-state index contributed by atoms with van der Waals surface area (Å²) in [6.07, 6.45) is 0.352. The van der Waals surface area contributed by atoms with Crippen molar-refractivity contribution in [3.05, 3.63) is 52.8 Å². The Labute approximate surface area is 162 Å². The molecule has 0 aliphatic carbocycles. The SMILES string of the molecule is CCOC(=O)c1c(C(C)C)nc(C(C)C)c(C(=O)CC)c1-c1ccccc1. The van der Waals surface area contributed by atoms with Crippen molar-refractivity contribution < 1.29 is 14.3 Å². The Kier molecular flexibility index (Phi) is 6.89. The second-order valence-corrected chi connectivity index (χ2v) is 7.18. The zero-order chi connectivity index (χ0) is 20.1. The molecular formula is C23H29NO3. The minimum Gasteiger partial charge on any atom is -0.462 e. The highest BCUT2D eigenvalue weighted by Crippen LogP contribution is 2.37. The maximum Gasteiger partial charge on any atom is 0.340 e. The highest BCUT2D eigenvalue weighted by atomic mass is 16.5. The summed E-state index contributed by atoms with van der Waals surface area (Å²) in [5, 5.41) is 0. The highest BCUT2D eigenvalue weighted by molar-refractivity contribution is 6.09. The van der Waals surface area contributed by atoms with Crippen LogP contribution in [0.15, 0.2) is 30.3 Å². The summed E-state index contributed by atoms with van der Waals surface area (Å²) in [5.74, 6) is -0.347. The van der Waals surface area contributed by atoms with Gasteiger partial charge in [-0.2, -0.15) is 0 Å². The van der Waals surface area contributed by atoms with Crippen LogP contribution in [0.1, 0.15) is 91.9 Å². The van der Waals surface area contributed by atoms with Crippen molar-refractivity contribution in [1.82, 2.24) is 4.98 Å². The molecule has 0 aliphatic rings. The average Bonchev–Trinajstić information content (AvgIpc) is 2.66. The van der Waals surface area contributed by atoms with Crippen molar-refractivity contribution in [3.63, 3.8) is 0 Å². The number of Topliss-reactive ketones (excluding diaryl/α,β-unsaturated/α-hetero) is 1. The van der Waals surface area contributed by atoms with E-state index in [0.717, 1.165) is 11.3 Å². The number of ether oxygens (including phenoxy) is 1. The first-order valence-electron chi connectivity index (χ1n) is 9.66. The number of esters is 1. The molecule has 0 saturated carbocycles. The first-order chi connectivity index (χ1) is 12.8. The van der Waals surface area contributed by atoms with Gasteiger partial charge in [-0.15, -0.1) is 0 Å². The monoisotopic (exact) mass is 367 g/mol. The molecule has 2 aromatic rings. The maximum absolute atomic E-state index is 13.0. The van der Waals surface area contributed by atoms with E-state index >= 15 is 0 Å². The number of hydrogen-bond acceptors (Lipinski definition) is 4. The van der Waals surface area contributed by atoms with Crippen LogP contribution < -0.4 is 0 Å². The van der Waals surface area contributed by atoms with Crippen LogP contribution in [-0.4, -0.2) is 23.3 Å². The summed E-state index contributed by atoms with van der Waals surface area (Å²) in [5.41, 5.74) is 3.89. The first kappa shape index (κ1) is 20.8. The zero-order valence-corrected chi connectivity index (χ0v) is 17.1. The number of nitrogens with zero attached hydrogens (tertiary/aromatic N) is 1. The smallest absolute Gasteiger partial charge is 0.340 e. The number of aromatic nitrogens is 1. The molecule has 1 aromatic carbocycles. The number of rotatable bonds is 7. The van der Waals surface area contributed by atoms with Crippen LogP contribution in [0.25, 0.3) is 11.1 Å². The lowest BCUT2D eigenvalue weighted by molar-refractivity contribution is 0.0525. The van der Waals surface area contributed by atoms with Gasteiger partial charge in [0.1, 0.15) is 0 Å². The fraction of sp³-hybridized carbons (Fsp3) is 0.435. The molecule has 27 heavy (non-hydrogen) atoms. The first-order valence-corrected chi connectivity index (χ1v) is 9.66. The molecule has 0 unspecified atom stereocenters. The predicted molar refractivity (Wildman–Crippen MR) is 108 cm³/mol. The van der Waals surface area contributed by atoms with Gasteiger partial charge in [0.05, 0.1) is 23.6 Å². The van der Waals surface area contributed by atoms with Crippen LogP contribution in [0.3, 0.4) is 0 Å². The fourth-order valence-electron chi connectivity index (χ4n) is 3.22. The van der Waals surface area contributed by atoms with E-state index in [9.17, 15) is 9.59 Å². The van der Waals surface area contributed by atoms with Gasteiger partial charge in [-0.1, -0.05) is 65.0 Å². The van der Waals surface area contributed by atoms with Gasteiger partial charge in [0.15, 0.2) is 5.78 Å². The number of carbonyl (C=O) groups is 2. The molecule has 0 fully saturated rings. The lowest BCUT2D eigenvalue weighted by Crippen LogP contribution is -2.19. The van der Waals surface area contributed by atoms with Crippen LogP contribution in [0.4, 0.5) is 0 Å². The van der Waals surface area contributed by atoms with Gasteiger partial charge in [-0.25, -0.2) is 4.79 Å². The summed E-state index contributed by atoms with van der Waals surface area (Å²) in [4.78, 5) is 30.7. The van der Waals surface area contributed by atoms with Gasteiger partial charge in [-0.05, 0) is 24.3 Å². The van der Waals surface area contributed by atoms with Crippen molar-refractivity contribution in [2.45, 2.75) is 59.8 Å². The van der Waals surface area contributed by atoms with Crippen LogP contribution in [0.5, 0.6) is 0 Å². The molecule has 0 spiro atoms. The molecule has 4 nitrogen and oxygen atoms in total. The molecule has 144 valence electrons. The normalized spacial score (nSPS) is 11.1. The Morgan fingerprint density at radius 3 is 1.96 bits per heavy atom. The quantitative estimate of drug-likeness (QED) is 0.461. The molecule has 0 atom stereocenters. The van der Waals surface area contributed by atoms with E-state index < -0.39 is 5.97 Å². The molecular weight excluding hydrogens is 338 g/mol. The van der Waals surface area contributed by atoms with Crippen molar-refractivity contribution in [1.29, 1.82) is 0 Å². The standard InChI is InChI=1S/C23H29NO3/c1-7-17(25)19-18(16-12-10-9-11-13-16)20(23(26)27-8-2)22(15(5)6)24-21(19)14(3)4/h9-15H,7-8H2,1-6H3. The van der Waals surface area contributed by atoms with Gasteiger partial charge < -0.3 is 4.74 Å².